The van der Waals surface area contributed by atoms with Crippen LogP contribution < -0.4 is 5.32 Å². The number of hydrogen-bond acceptors (Lipinski definition) is 3. The smallest absolute Gasteiger partial charge is 0.307 e. The van der Waals surface area contributed by atoms with Crippen LogP contribution in [0.1, 0.15) is 40.5 Å². The van der Waals surface area contributed by atoms with Crippen LogP contribution in [-0.2, 0) is 6.18 Å². The molecule has 2 aromatic carbocycles. The van der Waals surface area contributed by atoms with Crippen molar-refractivity contribution in [3.05, 3.63) is 82.6 Å². The second kappa shape index (κ2) is 8.08. The number of nitrogens with zero attached hydrogens (tertiary/aromatic N) is 3. The Morgan fingerprint density at radius 2 is 1.82 bits per heavy atom. The van der Waals surface area contributed by atoms with Crippen molar-refractivity contribution >= 4 is 23.3 Å². The lowest BCUT2D eigenvalue weighted by Gasteiger charge is -2.10. The molecule has 10 heteroatoms. The van der Waals surface area contributed by atoms with E-state index in [1.165, 1.54) is 0 Å². The molecule has 0 radical (unpaired) electrons. The molecule has 0 aliphatic heterocycles. The van der Waals surface area contributed by atoms with E-state index in [0.717, 1.165) is 29.3 Å². The second-order valence-electron chi connectivity index (χ2n) is 7.79. The fraction of sp³-hybridized carbons (Fsp3) is 0.174. The third-order valence-electron chi connectivity index (χ3n) is 5.36. The van der Waals surface area contributed by atoms with E-state index in [1.807, 2.05) is 6.07 Å². The number of hydrogen-bond donors (Lipinski definition) is 2. The summed E-state index contributed by atoms with van der Waals surface area (Å²) in [5, 5.41) is 13.7. The number of carbonyl (C=O) groups excluding carboxylic acids is 1. The Bertz CT molecular complexity index is 1320. The SMILES string of the molecule is O=C(Nc1cc(C2CC2)n[nH]1)c1ccc(-c2cc(C(F)(F)F)nn2-c2ccccc2Cl)cc1. The quantitative estimate of drug-likeness (QED) is 0.371. The first-order chi connectivity index (χ1) is 15.8. The van der Waals surface area contributed by atoms with E-state index in [1.54, 1.807) is 48.5 Å². The third-order valence-corrected chi connectivity index (χ3v) is 5.68. The van der Waals surface area contributed by atoms with Crippen molar-refractivity contribution in [3.63, 3.8) is 0 Å². The van der Waals surface area contributed by atoms with E-state index in [0.29, 0.717) is 28.6 Å². The first-order valence-electron chi connectivity index (χ1n) is 10.2. The summed E-state index contributed by atoms with van der Waals surface area (Å²) < 4.78 is 41.3. The summed E-state index contributed by atoms with van der Waals surface area (Å²) in [6.45, 7) is 0. The molecule has 0 atom stereocenters. The van der Waals surface area contributed by atoms with Crippen LogP contribution in [0.4, 0.5) is 19.0 Å². The Morgan fingerprint density at radius 1 is 1.09 bits per heavy atom. The van der Waals surface area contributed by atoms with Gasteiger partial charge in [0, 0.05) is 23.1 Å². The zero-order valence-corrected chi connectivity index (χ0v) is 17.8. The molecular formula is C23H17ClF3N5O. The van der Waals surface area contributed by atoms with Crippen LogP contribution in [0.5, 0.6) is 0 Å². The number of para-hydroxylation sites is 1. The van der Waals surface area contributed by atoms with Crippen molar-refractivity contribution in [3.8, 4) is 16.9 Å². The number of benzene rings is 2. The largest absolute Gasteiger partial charge is 0.435 e. The van der Waals surface area contributed by atoms with Crippen molar-refractivity contribution in [2.24, 2.45) is 0 Å². The molecule has 1 saturated carbocycles. The number of rotatable bonds is 5. The number of H-pyrrole nitrogens is 1. The monoisotopic (exact) mass is 471 g/mol. The molecular weight excluding hydrogens is 455 g/mol. The highest BCUT2D eigenvalue weighted by Crippen LogP contribution is 2.39. The molecule has 1 fully saturated rings. The van der Waals surface area contributed by atoms with Crippen molar-refractivity contribution in [2.75, 3.05) is 5.32 Å². The lowest BCUT2D eigenvalue weighted by Crippen LogP contribution is -2.12. The molecule has 2 aromatic heterocycles. The molecule has 0 spiro atoms. The summed E-state index contributed by atoms with van der Waals surface area (Å²) in [6.07, 6.45) is -2.43. The van der Waals surface area contributed by atoms with E-state index in [-0.39, 0.29) is 16.6 Å². The minimum absolute atomic E-state index is 0.199. The highest BCUT2D eigenvalue weighted by molar-refractivity contribution is 6.32. The van der Waals surface area contributed by atoms with Crippen LogP contribution >= 0.6 is 11.6 Å². The Labute approximate surface area is 191 Å². The molecule has 5 rings (SSSR count). The van der Waals surface area contributed by atoms with Gasteiger partial charge in [0.05, 0.1) is 22.1 Å². The minimum Gasteiger partial charge on any atom is -0.307 e. The van der Waals surface area contributed by atoms with Gasteiger partial charge in [-0.05, 0) is 43.2 Å². The molecule has 0 bridgehead atoms. The maximum atomic E-state index is 13.4. The first-order valence-corrected chi connectivity index (χ1v) is 10.6. The molecule has 2 heterocycles. The predicted molar refractivity (Wildman–Crippen MR) is 118 cm³/mol. The van der Waals surface area contributed by atoms with Gasteiger partial charge in [-0.3, -0.25) is 9.89 Å². The summed E-state index contributed by atoms with van der Waals surface area (Å²) in [4.78, 5) is 12.6. The number of nitrogens with one attached hydrogen (secondary N) is 2. The van der Waals surface area contributed by atoms with Crippen LogP contribution in [0, 0.1) is 0 Å². The Kier molecular flexibility index (Phi) is 5.20. The van der Waals surface area contributed by atoms with Gasteiger partial charge in [0.1, 0.15) is 5.82 Å². The van der Waals surface area contributed by atoms with Crippen molar-refractivity contribution in [1.82, 2.24) is 20.0 Å². The number of amides is 1. The van der Waals surface area contributed by atoms with Gasteiger partial charge in [0.25, 0.3) is 5.91 Å². The topological polar surface area (TPSA) is 75.6 Å². The highest BCUT2D eigenvalue weighted by atomic mass is 35.5. The maximum absolute atomic E-state index is 13.4. The lowest BCUT2D eigenvalue weighted by molar-refractivity contribution is -0.141. The normalized spacial score (nSPS) is 13.8. The molecule has 2 N–H and O–H groups in total. The summed E-state index contributed by atoms with van der Waals surface area (Å²) in [6, 6.07) is 15.5. The van der Waals surface area contributed by atoms with Gasteiger partial charge in [0.15, 0.2) is 5.69 Å². The van der Waals surface area contributed by atoms with Crippen LogP contribution in [0.25, 0.3) is 16.9 Å². The predicted octanol–water partition coefficient (Wildman–Crippen LogP) is 6.06. The van der Waals surface area contributed by atoms with Crippen LogP contribution in [0.2, 0.25) is 5.02 Å². The number of aromatic nitrogens is 4. The number of halogens is 4. The fourth-order valence-electron chi connectivity index (χ4n) is 3.51. The zero-order valence-electron chi connectivity index (χ0n) is 17.0. The molecule has 6 nitrogen and oxygen atoms in total. The van der Waals surface area contributed by atoms with Crippen LogP contribution in [-0.4, -0.2) is 25.9 Å². The fourth-order valence-corrected chi connectivity index (χ4v) is 3.72. The molecule has 1 aliphatic rings. The summed E-state index contributed by atoms with van der Waals surface area (Å²) in [5.41, 5.74) is 1.20. The average Bonchev–Trinajstić information content (AvgIpc) is 3.36. The average molecular weight is 472 g/mol. The highest BCUT2D eigenvalue weighted by Gasteiger charge is 2.35. The second-order valence-corrected chi connectivity index (χ2v) is 8.20. The summed E-state index contributed by atoms with van der Waals surface area (Å²) >= 11 is 6.21. The van der Waals surface area contributed by atoms with Crippen molar-refractivity contribution < 1.29 is 18.0 Å². The molecule has 0 saturated heterocycles. The van der Waals surface area contributed by atoms with Gasteiger partial charge in [-0.2, -0.15) is 23.4 Å². The standard InChI is InChI=1S/C23H17ClF3N5O/c24-16-3-1-2-4-18(16)32-19(12-20(31-32)23(25,26)27)14-7-9-15(10-8-14)22(33)28-21-11-17(29-30-21)13-5-6-13/h1-4,7-13H,5-6H2,(H2,28,29,30,33). The van der Waals surface area contributed by atoms with Crippen LogP contribution in [0.15, 0.2) is 60.7 Å². The van der Waals surface area contributed by atoms with E-state index < -0.39 is 11.9 Å². The molecule has 1 aliphatic carbocycles. The number of anilines is 1. The van der Waals surface area contributed by atoms with Gasteiger partial charge in [-0.15, -0.1) is 0 Å². The van der Waals surface area contributed by atoms with E-state index >= 15 is 0 Å². The zero-order chi connectivity index (χ0) is 23.2. The van der Waals surface area contributed by atoms with E-state index in [2.05, 4.69) is 20.6 Å². The lowest BCUT2D eigenvalue weighted by atomic mass is 10.1. The van der Waals surface area contributed by atoms with Crippen molar-refractivity contribution in [2.45, 2.75) is 24.9 Å². The molecule has 33 heavy (non-hydrogen) atoms. The van der Waals surface area contributed by atoms with Crippen LogP contribution in [0.3, 0.4) is 0 Å². The van der Waals surface area contributed by atoms with Crippen molar-refractivity contribution in [1.29, 1.82) is 0 Å². The van der Waals surface area contributed by atoms with Gasteiger partial charge in [-0.25, -0.2) is 4.68 Å². The summed E-state index contributed by atoms with van der Waals surface area (Å²) in [7, 11) is 0. The van der Waals surface area contributed by atoms with Gasteiger partial charge < -0.3 is 5.32 Å². The molecule has 4 aromatic rings. The molecule has 1 amide bonds. The minimum atomic E-state index is -4.62. The van der Waals surface area contributed by atoms with Gasteiger partial charge >= 0.3 is 6.18 Å². The Hall–Kier alpha value is -3.59. The molecule has 168 valence electrons. The number of aromatic amines is 1. The van der Waals surface area contributed by atoms with Gasteiger partial charge in [0.2, 0.25) is 0 Å². The first kappa shape index (κ1) is 21.3. The number of carbonyl (C=O) groups is 1. The maximum Gasteiger partial charge on any atom is 0.435 e. The van der Waals surface area contributed by atoms with E-state index in [4.69, 9.17) is 11.6 Å². The third kappa shape index (κ3) is 4.36. The van der Waals surface area contributed by atoms with Gasteiger partial charge in [-0.1, -0.05) is 35.9 Å². The number of alkyl halides is 3. The van der Waals surface area contributed by atoms with E-state index in [9.17, 15) is 18.0 Å². The Morgan fingerprint density at radius 3 is 2.48 bits per heavy atom. The Balaban J connectivity index is 1.44. The summed E-state index contributed by atoms with van der Waals surface area (Å²) in [5.74, 6) is 0.594. The molecule has 0 unspecified atom stereocenters.